The molecule has 2 aromatic heterocycles. The second-order valence-electron chi connectivity index (χ2n) is 8.56. The second kappa shape index (κ2) is 10.9. The topological polar surface area (TPSA) is 145 Å². The monoisotopic (exact) mass is 502 g/mol. The number of imidazole rings is 1. The van der Waals surface area contributed by atoms with Crippen LogP contribution in [0.25, 0.3) is 11.2 Å². The van der Waals surface area contributed by atoms with Crippen molar-refractivity contribution < 1.29 is 27.9 Å². The molecule has 3 N–H and O–H groups in total. The van der Waals surface area contributed by atoms with E-state index in [0.29, 0.717) is 30.2 Å². The molecule has 194 valence electrons. The van der Waals surface area contributed by atoms with Crippen molar-refractivity contribution in [2.45, 2.75) is 58.9 Å². The highest BCUT2D eigenvalue weighted by Gasteiger charge is 2.38. The van der Waals surface area contributed by atoms with Gasteiger partial charge in [0, 0.05) is 32.7 Å². The fraction of sp³-hybridized carbons (Fsp3) is 0.571. The number of piperidine rings is 1. The molecule has 0 spiro atoms. The molecule has 0 radical (unpaired) electrons. The Kier molecular flexibility index (Phi) is 8.65. The number of hydrogen-bond acceptors (Lipinski definition) is 7. The second-order valence-corrected chi connectivity index (χ2v) is 8.56. The van der Waals surface area contributed by atoms with E-state index < -0.39 is 23.4 Å². The van der Waals surface area contributed by atoms with Crippen molar-refractivity contribution in [3.63, 3.8) is 0 Å². The number of carboxylic acid groups (broad SMARTS) is 1. The Hall–Kier alpha value is -3.42. The van der Waals surface area contributed by atoms with Crippen LogP contribution in [-0.4, -0.2) is 60.9 Å². The summed E-state index contributed by atoms with van der Waals surface area (Å²) in [7, 11) is 1.57. The molecular formula is C21H29F3N6O5. The van der Waals surface area contributed by atoms with Crippen molar-refractivity contribution in [2.75, 3.05) is 18.0 Å². The lowest BCUT2D eigenvalue weighted by Crippen LogP contribution is -2.44. The summed E-state index contributed by atoms with van der Waals surface area (Å²) in [5.74, 6) is -2.38. The molecule has 1 fully saturated rings. The van der Waals surface area contributed by atoms with Crippen LogP contribution in [0.5, 0.6) is 0 Å². The quantitative estimate of drug-likeness (QED) is 0.577. The van der Waals surface area contributed by atoms with Crippen LogP contribution in [0.3, 0.4) is 0 Å². The highest BCUT2D eigenvalue weighted by Crippen LogP contribution is 2.23. The van der Waals surface area contributed by atoms with E-state index in [2.05, 4.69) is 9.88 Å². The molecule has 2 aromatic rings. The minimum atomic E-state index is -5.08. The van der Waals surface area contributed by atoms with Gasteiger partial charge < -0.3 is 20.3 Å². The van der Waals surface area contributed by atoms with E-state index in [1.165, 1.54) is 11.5 Å². The van der Waals surface area contributed by atoms with E-state index in [-0.39, 0.29) is 18.4 Å². The van der Waals surface area contributed by atoms with Gasteiger partial charge >= 0.3 is 17.8 Å². The first-order valence-corrected chi connectivity index (χ1v) is 10.8. The molecule has 1 aliphatic heterocycles. The summed E-state index contributed by atoms with van der Waals surface area (Å²) < 4.78 is 35.9. The van der Waals surface area contributed by atoms with Crippen LogP contribution in [0, 0.1) is 0 Å². The number of nitrogens with two attached hydrogens (primary N) is 1. The number of halogens is 3. The number of fused-ring (bicyclic) bond motifs is 1. The lowest BCUT2D eigenvalue weighted by molar-refractivity contribution is -0.192. The fourth-order valence-electron chi connectivity index (χ4n) is 3.60. The number of aromatic nitrogens is 4. The molecule has 0 amide bonds. The molecule has 11 nitrogen and oxygen atoms in total. The van der Waals surface area contributed by atoms with Crippen LogP contribution in [0.1, 0.15) is 33.6 Å². The number of aliphatic carboxylic acids is 1. The maximum Gasteiger partial charge on any atom is 0.490 e. The van der Waals surface area contributed by atoms with Crippen LogP contribution in [-0.2, 0) is 29.7 Å². The Morgan fingerprint density at radius 3 is 2.29 bits per heavy atom. The van der Waals surface area contributed by atoms with Crippen molar-refractivity contribution in [3.05, 3.63) is 32.5 Å². The van der Waals surface area contributed by atoms with Crippen LogP contribution < -0.4 is 21.9 Å². The zero-order valence-corrected chi connectivity index (χ0v) is 19.9. The number of nitrogens with zero attached hydrogens (tertiary/aromatic N) is 5. The molecule has 1 unspecified atom stereocenters. The Labute approximate surface area is 198 Å². The summed E-state index contributed by atoms with van der Waals surface area (Å²) in [6, 6.07) is 0.0451. The molecule has 1 atom stereocenters. The number of ketones is 1. The van der Waals surface area contributed by atoms with Gasteiger partial charge in [-0.2, -0.15) is 18.2 Å². The van der Waals surface area contributed by atoms with Gasteiger partial charge in [-0.1, -0.05) is 11.6 Å². The summed E-state index contributed by atoms with van der Waals surface area (Å²) in [5.41, 5.74) is 6.87. The Balaban J connectivity index is 0.000000540. The zero-order valence-electron chi connectivity index (χ0n) is 19.9. The average Bonchev–Trinajstić information content (AvgIpc) is 3.13. The van der Waals surface area contributed by atoms with Crippen molar-refractivity contribution in [3.8, 4) is 0 Å². The number of carbonyl (C=O) groups is 2. The van der Waals surface area contributed by atoms with E-state index in [1.54, 1.807) is 7.05 Å². The first kappa shape index (κ1) is 27.8. The highest BCUT2D eigenvalue weighted by atomic mass is 19.4. The van der Waals surface area contributed by atoms with E-state index in [4.69, 9.17) is 15.6 Å². The Bertz CT molecular complexity index is 1250. The van der Waals surface area contributed by atoms with Gasteiger partial charge in [-0.05, 0) is 33.6 Å². The van der Waals surface area contributed by atoms with Gasteiger partial charge in [-0.25, -0.2) is 9.59 Å². The fourth-order valence-corrected chi connectivity index (χ4v) is 3.60. The van der Waals surface area contributed by atoms with Crippen molar-refractivity contribution in [1.29, 1.82) is 0 Å². The summed E-state index contributed by atoms with van der Waals surface area (Å²) in [6.07, 6.45) is -1.18. The smallest absolute Gasteiger partial charge is 0.475 e. The van der Waals surface area contributed by atoms with Crippen LogP contribution in [0.4, 0.5) is 19.1 Å². The minimum Gasteiger partial charge on any atom is -0.475 e. The number of rotatable bonds is 5. The zero-order chi connectivity index (χ0) is 26.7. The van der Waals surface area contributed by atoms with Crippen molar-refractivity contribution in [1.82, 2.24) is 18.7 Å². The summed E-state index contributed by atoms with van der Waals surface area (Å²) in [5, 5.41) is 7.12. The van der Waals surface area contributed by atoms with E-state index in [1.807, 2.05) is 24.5 Å². The number of anilines is 1. The number of allylic oxidation sites excluding steroid dienone is 2. The van der Waals surface area contributed by atoms with E-state index in [9.17, 15) is 27.6 Å². The molecule has 3 rings (SSSR count). The predicted molar refractivity (Wildman–Crippen MR) is 122 cm³/mol. The molecule has 0 aromatic carbocycles. The van der Waals surface area contributed by atoms with E-state index >= 15 is 0 Å². The number of hydrogen-bond donors (Lipinski definition) is 2. The number of alkyl halides is 3. The number of Topliss-reactive ketones (excluding diaryl/α,β-unsaturated/α-hetero) is 1. The summed E-state index contributed by atoms with van der Waals surface area (Å²) in [4.78, 5) is 53.0. The van der Waals surface area contributed by atoms with Gasteiger partial charge in [0.1, 0.15) is 5.78 Å². The van der Waals surface area contributed by atoms with Crippen LogP contribution >= 0.6 is 0 Å². The normalized spacial score (nSPS) is 16.0. The average molecular weight is 502 g/mol. The molecule has 0 aliphatic carbocycles. The largest absolute Gasteiger partial charge is 0.490 e. The van der Waals surface area contributed by atoms with Gasteiger partial charge in [0.05, 0.1) is 6.54 Å². The van der Waals surface area contributed by atoms with Gasteiger partial charge in [0.2, 0.25) is 5.95 Å². The molecule has 35 heavy (non-hydrogen) atoms. The highest BCUT2D eigenvalue weighted by molar-refractivity contribution is 5.77. The molecule has 1 aliphatic rings. The van der Waals surface area contributed by atoms with Crippen LogP contribution in [0.2, 0.25) is 0 Å². The number of carbonyl (C=O) groups excluding carboxylic acids is 1. The van der Waals surface area contributed by atoms with E-state index in [0.717, 1.165) is 29.5 Å². The molecule has 0 saturated carbocycles. The first-order chi connectivity index (χ1) is 16.1. The van der Waals surface area contributed by atoms with Gasteiger partial charge in [-0.3, -0.25) is 18.7 Å². The summed E-state index contributed by atoms with van der Waals surface area (Å²) >= 11 is 0. The molecule has 0 bridgehead atoms. The molecule has 1 saturated heterocycles. The number of carboxylic acids is 1. The minimum absolute atomic E-state index is 0.0451. The third-order valence-electron chi connectivity index (χ3n) is 5.26. The lowest BCUT2D eigenvalue weighted by Gasteiger charge is -2.31. The summed E-state index contributed by atoms with van der Waals surface area (Å²) in [6.45, 7) is 6.97. The standard InChI is InChI=1S/C19H28N6O3.C2HF3O2/c1-12(2)7-9-24-15-16(21-18(24)23-8-5-6-14(20)11-23)22(4)19(28)25(17(15)27)10-13(3)26;3-2(4,5)1(6)7/h7,14H,5-6,8-11,20H2,1-4H3;(H,6,7). The van der Waals surface area contributed by atoms with Crippen molar-refractivity contribution >= 4 is 28.9 Å². The Morgan fingerprint density at radius 2 is 1.80 bits per heavy atom. The third kappa shape index (κ3) is 6.59. The maximum atomic E-state index is 13.1. The Morgan fingerprint density at radius 1 is 1.20 bits per heavy atom. The molecular weight excluding hydrogens is 473 g/mol. The molecule has 14 heteroatoms. The molecule has 3 heterocycles. The predicted octanol–water partition coefficient (Wildman–Crippen LogP) is 1.01. The number of aryl methyl sites for hydroxylation is 1. The first-order valence-electron chi connectivity index (χ1n) is 10.8. The lowest BCUT2D eigenvalue weighted by atomic mass is 10.1. The third-order valence-corrected chi connectivity index (χ3v) is 5.26. The van der Waals surface area contributed by atoms with Crippen LogP contribution in [0.15, 0.2) is 21.2 Å². The van der Waals surface area contributed by atoms with Crippen molar-refractivity contribution in [2.24, 2.45) is 12.8 Å². The van der Waals surface area contributed by atoms with Gasteiger partial charge in [0.25, 0.3) is 5.56 Å². The van der Waals surface area contributed by atoms with Gasteiger partial charge in [0.15, 0.2) is 11.2 Å². The SMILES string of the molecule is CC(=O)Cn1c(=O)c2c(nc(N3CCCC(N)C3)n2CC=C(C)C)n(C)c1=O.O=C(O)C(F)(F)F. The maximum absolute atomic E-state index is 13.1. The van der Waals surface area contributed by atoms with Gasteiger partial charge in [-0.15, -0.1) is 0 Å².